The van der Waals surface area contributed by atoms with Gasteiger partial charge in [0, 0.05) is 36.4 Å². The third kappa shape index (κ3) is 4.02. The molecule has 2 aromatic heterocycles. The first-order valence-corrected chi connectivity index (χ1v) is 11.4. The molecule has 4 aromatic rings. The fourth-order valence-electron chi connectivity index (χ4n) is 3.51. The number of aromatic amines is 1. The highest BCUT2D eigenvalue weighted by molar-refractivity contribution is 7.92. The van der Waals surface area contributed by atoms with Gasteiger partial charge in [0.2, 0.25) is 0 Å². The minimum absolute atomic E-state index is 0.176. The summed E-state index contributed by atoms with van der Waals surface area (Å²) in [6.45, 7) is 2.86. The number of sulfonamides is 1. The molecule has 4 rings (SSSR count). The zero-order valence-corrected chi connectivity index (χ0v) is 17.6. The van der Waals surface area contributed by atoms with Crippen molar-refractivity contribution in [3.8, 4) is 0 Å². The van der Waals surface area contributed by atoms with Crippen LogP contribution < -0.4 is 9.62 Å². The maximum atomic E-state index is 13.0. The highest BCUT2D eigenvalue weighted by atomic mass is 32.2. The number of hydrogen-bond acceptors (Lipinski definition) is 4. The Morgan fingerprint density at radius 3 is 2.50 bits per heavy atom. The molecule has 7 heteroatoms. The molecule has 0 aliphatic heterocycles. The van der Waals surface area contributed by atoms with Gasteiger partial charge >= 0.3 is 0 Å². The fraction of sp³-hybridized carbons (Fsp3) is 0.174. The van der Waals surface area contributed by atoms with Gasteiger partial charge in [0.1, 0.15) is 10.7 Å². The highest BCUT2D eigenvalue weighted by Crippen LogP contribution is 2.23. The summed E-state index contributed by atoms with van der Waals surface area (Å²) in [6.07, 6.45) is 4.27. The summed E-state index contributed by atoms with van der Waals surface area (Å²) < 4.78 is 27.4. The topological polar surface area (TPSA) is 78.1 Å². The zero-order chi connectivity index (χ0) is 21.0. The Hall–Kier alpha value is -3.32. The molecule has 0 saturated heterocycles. The Kier molecular flexibility index (Phi) is 5.72. The van der Waals surface area contributed by atoms with Crippen LogP contribution in [0.4, 0.5) is 11.5 Å². The van der Waals surface area contributed by atoms with Gasteiger partial charge in [-0.25, -0.2) is 13.4 Å². The highest BCUT2D eigenvalue weighted by Gasteiger charge is 2.23. The van der Waals surface area contributed by atoms with E-state index in [1.807, 2.05) is 43.5 Å². The van der Waals surface area contributed by atoms with E-state index in [0.29, 0.717) is 24.6 Å². The molecule has 0 amide bonds. The zero-order valence-electron chi connectivity index (χ0n) is 16.7. The third-order valence-corrected chi connectivity index (χ3v) is 6.92. The van der Waals surface area contributed by atoms with Gasteiger partial charge in [0.15, 0.2) is 0 Å². The molecule has 6 nitrogen and oxygen atoms in total. The van der Waals surface area contributed by atoms with Crippen LogP contribution in [0.5, 0.6) is 0 Å². The number of para-hydroxylation sites is 2. The van der Waals surface area contributed by atoms with Gasteiger partial charge in [-0.2, -0.15) is 0 Å². The Morgan fingerprint density at radius 2 is 1.77 bits per heavy atom. The van der Waals surface area contributed by atoms with E-state index in [0.717, 1.165) is 11.9 Å². The number of anilines is 2. The Morgan fingerprint density at radius 1 is 1.00 bits per heavy atom. The van der Waals surface area contributed by atoms with Crippen molar-refractivity contribution in [1.82, 2.24) is 9.97 Å². The van der Waals surface area contributed by atoms with Crippen LogP contribution in [0.2, 0.25) is 0 Å². The van der Waals surface area contributed by atoms with Crippen molar-refractivity contribution in [2.45, 2.75) is 18.2 Å². The molecule has 0 saturated carbocycles. The first-order chi connectivity index (χ1) is 14.6. The number of pyridine rings is 1. The number of nitrogens with zero attached hydrogens (tertiary/aromatic N) is 2. The molecule has 30 heavy (non-hydrogen) atoms. The second-order valence-corrected chi connectivity index (χ2v) is 8.78. The first-order valence-electron chi connectivity index (χ1n) is 9.92. The maximum absolute atomic E-state index is 13.0. The predicted molar refractivity (Wildman–Crippen MR) is 121 cm³/mol. The van der Waals surface area contributed by atoms with Gasteiger partial charge in [0.05, 0.1) is 5.69 Å². The van der Waals surface area contributed by atoms with Crippen LogP contribution in [-0.2, 0) is 16.4 Å². The van der Waals surface area contributed by atoms with Gasteiger partial charge in [-0.1, -0.05) is 36.4 Å². The first kappa shape index (κ1) is 20.0. The number of fused-ring (bicyclic) bond motifs is 1. The standard InChI is InChI=1S/C23H24N4O2S/c1-2-27(19-8-4-3-5-9-19)30(28,29)20-12-13-23(26-17-20)24-15-14-18-16-25-22-11-7-6-10-21(18)22/h3-13,16-17,25H,2,14-15H2,1H3,(H,24,26). The van der Waals surface area contributed by atoms with Crippen LogP contribution in [0.3, 0.4) is 0 Å². The molecular formula is C23H24N4O2S. The van der Waals surface area contributed by atoms with E-state index in [1.54, 1.807) is 24.3 Å². The molecule has 0 aliphatic carbocycles. The largest absolute Gasteiger partial charge is 0.370 e. The van der Waals surface area contributed by atoms with Crippen molar-refractivity contribution in [2.75, 3.05) is 22.7 Å². The molecule has 2 heterocycles. The van der Waals surface area contributed by atoms with E-state index in [9.17, 15) is 8.42 Å². The molecule has 2 N–H and O–H groups in total. The Balaban J connectivity index is 1.43. The minimum Gasteiger partial charge on any atom is -0.370 e. The van der Waals surface area contributed by atoms with Crippen LogP contribution >= 0.6 is 0 Å². The molecule has 154 valence electrons. The normalized spacial score (nSPS) is 11.5. The lowest BCUT2D eigenvalue weighted by Crippen LogP contribution is -2.30. The van der Waals surface area contributed by atoms with E-state index >= 15 is 0 Å². The molecule has 0 radical (unpaired) electrons. The molecule has 0 bridgehead atoms. The number of H-pyrrole nitrogens is 1. The van der Waals surface area contributed by atoms with Crippen LogP contribution in [0, 0.1) is 0 Å². The van der Waals surface area contributed by atoms with Crippen molar-refractivity contribution in [3.05, 3.63) is 84.7 Å². The van der Waals surface area contributed by atoms with Crippen molar-refractivity contribution in [3.63, 3.8) is 0 Å². The van der Waals surface area contributed by atoms with Crippen molar-refractivity contribution in [1.29, 1.82) is 0 Å². The van der Waals surface area contributed by atoms with Crippen LogP contribution in [0.25, 0.3) is 10.9 Å². The quantitative estimate of drug-likeness (QED) is 0.442. The average molecular weight is 421 g/mol. The lowest BCUT2D eigenvalue weighted by atomic mass is 10.1. The molecule has 0 fully saturated rings. The van der Waals surface area contributed by atoms with E-state index in [2.05, 4.69) is 27.4 Å². The second-order valence-electron chi connectivity index (χ2n) is 6.92. The summed E-state index contributed by atoms with van der Waals surface area (Å²) in [7, 11) is -3.66. The number of hydrogen-bond donors (Lipinski definition) is 2. The van der Waals surface area contributed by atoms with Crippen molar-refractivity contribution in [2.24, 2.45) is 0 Å². The molecule has 0 atom stereocenters. The summed E-state index contributed by atoms with van der Waals surface area (Å²) in [5.74, 6) is 0.650. The summed E-state index contributed by atoms with van der Waals surface area (Å²) in [5.41, 5.74) is 3.00. The minimum atomic E-state index is -3.66. The van der Waals surface area contributed by atoms with Crippen molar-refractivity contribution < 1.29 is 8.42 Å². The smallest absolute Gasteiger partial charge is 0.265 e. The molecule has 0 aliphatic rings. The fourth-order valence-corrected chi connectivity index (χ4v) is 4.93. The SMILES string of the molecule is CCN(c1ccccc1)S(=O)(=O)c1ccc(NCCc2c[nH]c3ccccc23)nc1. The number of aromatic nitrogens is 2. The third-order valence-electron chi connectivity index (χ3n) is 5.03. The van der Waals surface area contributed by atoms with Crippen molar-refractivity contribution >= 4 is 32.4 Å². The summed E-state index contributed by atoms with van der Waals surface area (Å²) in [5, 5.41) is 4.48. The van der Waals surface area contributed by atoms with Gasteiger partial charge in [0.25, 0.3) is 10.0 Å². The average Bonchev–Trinajstić information content (AvgIpc) is 3.18. The maximum Gasteiger partial charge on any atom is 0.265 e. The number of rotatable bonds is 8. The Labute approximate surface area is 176 Å². The summed E-state index contributed by atoms with van der Waals surface area (Å²) in [4.78, 5) is 7.76. The summed E-state index contributed by atoms with van der Waals surface area (Å²) >= 11 is 0. The molecule has 0 spiro atoms. The van der Waals surface area contributed by atoms with E-state index in [4.69, 9.17) is 0 Å². The van der Waals surface area contributed by atoms with E-state index in [-0.39, 0.29) is 4.90 Å². The second kappa shape index (κ2) is 8.59. The van der Waals surface area contributed by atoms with Gasteiger partial charge in [-0.15, -0.1) is 0 Å². The van der Waals surface area contributed by atoms with Gasteiger partial charge < -0.3 is 10.3 Å². The van der Waals surface area contributed by atoms with Crippen LogP contribution in [-0.4, -0.2) is 31.5 Å². The summed E-state index contributed by atoms with van der Waals surface area (Å²) in [6, 6.07) is 20.6. The number of nitrogens with one attached hydrogen (secondary N) is 2. The molecule has 2 aromatic carbocycles. The van der Waals surface area contributed by atoms with Crippen LogP contribution in [0.1, 0.15) is 12.5 Å². The van der Waals surface area contributed by atoms with Gasteiger partial charge in [-0.05, 0) is 49.2 Å². The lowest BCUT2D eigenvalue weighted by molar-refractivity contribution is 0.591. The van der Waals surface area contributed by atoms with Crippen LogP contribution in [0.15, 0.2) is 84.0 Å². The van der Waals surface area contributed by atoms with Gasteiger partial charge in [-0.3, -0.25) is 4.31 Å². The molecule has 0 unspecified atom stereocenters. The lowest BCUT2D eigenvalue weighted by Gasteiger charge is -2.22. The Bertz CT molecular complexity index is 1220. The monoisotopic (exact) mass is 420 g/mol. The predicted octanol–water partition coefficient (Wildman–Crippen LogP) is 4.43. The van der Waals surface area contributed by atoms with E-state index in [1.165, 1.54) is 21.5 Å². The molecular weight excluding hydrogens is 396 g/mol. The number of benzene rings is 2. The van der Waals surface area contributed by atoms with E-state index < -0.39 is 10.0 Å².